The summed E-state index contributed by atoms with van der Waals surface area (Å²) in [6, 6.07) is 15.5. The van der Waals surface area contributed by atoms with Gasteiger partial charge in [0.15, 0.2) is 5.75 Å². The van der Waals surface area contributed by atoms with E-state index in [-0.39, 0.29) is 13.2 Å². The molecular formula is C26H29N5O4. The van der Waals surface area contributed by atoms with Gasteiger partial charge in [-0.3, -0.25) is 9.98 Å². The van der Waals surface area contributed by atoms with Crippen LogP contribution in [0.15, 0.2) is 65.9 Å². The minimum atomic E-state index is -0.567. The highest BCUT2D eigenvalue weighted by molar-refractivity contribution is 5.79. The van der Waals surface area contributed by atoms with E-state index in [0.717, 1.165) is 30.0 Å². The van der Waals surface area contributed by atoms with Crippen molar-refractivity contribution < 1.29 is 19.0 Å². The minimum absolute atomic E-state index is 0.244. The van der Waals surface area contributed by atoms with E-state index in [4.69, 9.17) is 14.2 Å². The first-order chi connectivity index (χ1) is 17.2. The zero-order valence-corrected chi connectivity index (χ0v) is 19.7. The van der Waals surface area contributed by atoms with Gasteiger partial charge in [0.05, 0.1) is 38.2 Å². The fourth-order valence-corrected chi connectivity index (χ4v) is 3.56. The molecule has 1 fully saturated rings. The van der Waals surface area contributed by atoms with Crippen LogP contribution in [0.4, 0.5) is 10.5 Å². The Morgan fingerprint density at radius 2 is 2.09 bits per heavy atom. The number of ether oxygens (including phenoxy) is 3. The van der Waals surface area contributed by atoms with Gasteiger partial charge in [-0.1, -0.05) is 29.8 Å². The largest absolute Gasteiger partial charge is 0.476 e. The number of carbonyl (C=O) groups excluding carboxylic acids is 1. The van der Waals surface area contributed by atoms with Gasteiger partial charge in [0.25, 0.3) is 0 Å². The van der Waals surface area contributed by atoms with Crippen LogP contribution < -0.4 is 19.7 Å². The molecule has 0 unspecified atom stereocenters. The number of hydrogen-bond donors (Lipinski definition) is 1. The zero-order valence-electron chi connectivity index (χ0n) is 19.7. The molecule has 1 aliphatic heterocycles. The average molecular weight is 476 g/mol. The summed E-state index contributed by atoms with van der Waals surface area (Å²) in [7, 11) is 0. The van der Waals surface area contributed by atoms with Crippen LogP contribution in [0.1, 0.15) is 16.8 Å². The fourth-order valence-electron chi connectivity index (χ4n) is 3.56. The average Bonchev–Trinajstić information content (AvgIpc) is 2.88. The smallest absolute Gasteiger partial charge is 0.412 e. The lowest BCUT2D eigenvalue weighted by Crippen LogP contribution is -2.36. The summed E-state index contributed by atoms with van der Waals surface area (Å²) in [6.45, 7) is 5.97. The highest BCUT2D eigenvalue weighted by atomic mass is 16.6. The first kappa shape index (κ1) is 24.2. The molecule has 2 aromatic heterocycles. The molecule has 0 radical (unpaired) electrons. The molecule has 1 aliphatic rings. The van der Waals surface area contributed by atoms with Crippen LogP contribution in [0.3, 0.4) is 0 Å². The maximum atomic E-state index is 11.9. The second-order valence-electron chi connectivity index (χ2n) is 7.99. The van der Waals surface area contributed by atoms with E-state index >= 15 is 0 Å². The van der Waals surface area contributed by atoms with Gasteiger partial charge < -0.3 is 24.4 Å². The first-order valence-electron chi connectivity index (χ1n) is 11.5. The topological polar surface area (TPSA) is 98.2 Å². The molecule has 0 atom stereocenters. The summed E-state index contributed by atoms with van der Waals surface area (Å²) in [4.78, 5) is 27.3. The third kappa shape index (κ3) is 7.79. The number of anilines is 1. The third-order valence-electron chi connectivity index (χ3n) is 5.22. The van der Waals surface area contributed by atoms with Crippen LogP contribution >= 0.6 is 0 Å². The number of aromatic nitrogens is 2. The Bertz CT molecular complexity index is 1130. The van der Waals surface area contributed by atoms with Crippen molar-refractivity contribution in [1.82, 2.24) is 15.3 Å². The summed E-state index contributed by atoms with van der Waals surface area (Å²) >= 11 is 0. The number of morpholine rings is 1. The van der Waals surface area contributed by atoms with E-state index in [2.05, 4.69) is 44.2 Å². The van der Waals surface area contributed by atoms with Gasteiger partial charge in [-0.2, -0.15) is 0 Å². The predicted molar refractivity (Wildman–Crippen MR) is 134 cm³/mol. The van der Waals surface area contributed by atoms with Crippen LogP contribution in [0.25, 0.3) is 0 Å². The summed E-state index contributed by atoms with van der Waals surface area (Å²) in [5.41, 5.74) is 4.06. The Balaban J connectivity index is 1.36. The van der Waals surface area contributed by atoms with Gasteiger partial charge >= 0.3 is 6.09 Å². The molecule has 9 nitrogen and oxygen atoms in total. The van der Waals surface area contributed by atoms with Gasteiger partial charge in [-0.05, 0) is 30.7 Å². The second-order valence-corrected chi connectivity index (χ2v) is 7.99. The number of nitrogens with zero attached hydrogens (tertiary/aromatic N) is 4. The first-order valence-corrected chi connectivity index (χ1v) is 11.5. The molecule has 3 heterocycles. The number of rotatable bonds is 9. The molecule has 35 heavy (non-hydrogen) atoms. The van der Waals surface area contributed by atoms with Crippen molar-refractivity contribution >= 4 is 18.0 Å². The Kier molecular flexibility index (Phi) is 8.61. The van der Waals surface area contributed by atoms with Crippen molar-refractivity contribution in [2.75, 3.05) is 44.4 Å². The molecule has 182 valence electrons. The Morgan fingerprint density at radius 1 is 1.20 bits per heavy atom. The van der Waals surface area contributed by atoms with E-state index < -0.39 is 6.09 Å². The van der Waals surface area contributed by atoms with Gasteiger partial charge in [0.1, 0.15) is 6.61 Å². The number of amides is 1. The van der Waals surface area contributed by atoms with E-state index in [1.54, 1.807) is 18.3 Å². The van der Waals surface area contributed by atoms with E-state index in [1.807, 2.05) is 30.5 Å². The third-order valence-corrected chi connectivity index (χ3v) is 5.22. The lowest BCUT2D eigenvalue weighted by molar-refractivity contribution is 0.122. The van der Waals surface area contributed by atoms with Gasteiger partial charge in [-0.25, -0.2) is 9.78 Å². The lowest BCUT2D eigenvalue weighted by Gasteiger charge is -2.29. The van der Waals surface area contributed by atoms with Gasteiger partial charge in [0.2, 0.25) is 5.88 Å². The van der Waals surface area contributed by atoms with Crippen LogP contribution in [0, 0.1) is 6.92 Å². The maximum absolute atomic E-state index is 11.9. The van der Waals surface area contributed by atoms with Crippen molar-refractivity contribution in [3.05, 3.63) is 77.7 Å². The second kappa shape index (κ2) is 12.5. The van der Waals surface area contributed by atoms with E-state index in [0.29, 0.717) is 31.4 Å². The monoisotopic (exact) mass is 475 g/mol. The number of aryl methyl sites for hydroxylation is 1. The van der Waals surface area contributed by atoms with Crippen LogP contribution in [0.2, 0.25) is 0 Å². The lowest BCUT2D eigenvalue weighted by atomic mass is 10.1. The fraction of sp³-hybridized carbons (Fsp3) is 0.308. The highest BCUT2D eigenvalue weighted by Crippen LogP contribution is 2.23. The SMILES string of the molecule is Cc1cccc(C=NCc2cc(N3CCOCC3)cc(OCCNC(=O)Oc3cccnc3)n2)c1. The maximum Gasteiger partial charge on any atom is 0.412 e. The van der Waals surface area contributed by atoms with Crippen molar-refractivity contribution in [1.29, 1.82) is 0 Å². The Morgan fingerprint density at radius 3 is 2.89 bits per heavy atom. The number of hydrogen-bond acceptors (Lipinski definition) is 8. The number of benzene rings is 1. The molecule has 3 aromatic rings. The normalized spacial score (nSPS) is 13.6. The van der Waals surface area contributed by atoms with Crippen molar-refractivity contribution in [3.8, 4) is 11.6 Å². The molecule has 1 saturated heterocycles. The summed E-state index contributed by atoms with van der Waals surface area (Å²) < 4.78 is 16.5. The molecule has 9 heteroatoms. The van der Waals surface area contributed by atoms with Crippen LogP contribution in [-0.4, -0.2) is 61.7 Å². The molecule has 0 spiro atoms. The standard InChI is InChI=1S/C26H29N5O4/c1-20-4-2-5-21(14-20)17-28-18-22-15-23(31-9-12-33-13-10-31)16-25(30-22)34-11-8-29-26(32)35-24-6-3-7-27-19-24/h2-7,14-17,19H,8-13,18H2,1H3,(H,29,32). The minimum Gasteiger partial charge on any atom is -0.476 e. The van der Waals surface area contributed by atoms with Gasteiger partial charge in [0, 0.05) is 37.3 Å². The van der Waals surface area contributed by atoms with Crippen molar-refractivity contribution in [3.63, 3.8) is 0 Å². The molecule has 0 saturated carbocycles. The summed E-state index contributed by atoms with van der Waals surface area (Å²) in [6.07, 6.45) is 4.37. The van der Waals surface area contributed by atoms with Crippen molar-refractivity contribution in [2.45, 2.75) is 13.5 Å². The molecule has 1 N–H and O–H groups in total. The number of aliphatic imine (C=N–C) groups is 1. The molecule has 0 bridgehead atoms. The zero-order chi connectivity index (χ0) is 24.3. The summed E-state index contributed by atoms with van der Waals surface area (Å²) in [5.74, 6) is 0.860. The molecule has 1 amide bonds. The number of pyridine rings is 2. The van der Waals surface area contributed by atoms with Crippen LogP contribution in [0.5, 0.6) is 11.6 Å². The molecule has 1 aromatic carbocycles. The Labute approximate surface area is 204 Å². The number of carbonyl (C=O) groups is 1. The highest BCUT2D eigenvalue weighted by Gasteiger charge is 2.14. The molecule has 0 aliphatic carbocycles. The van der Waals surface area contributed by atoms with Crippen LogP contribution in [-0.2, 0) is 11.3 Å². The quantitative estimate of drug-likeness (QED) is 0.374. The predicted octanol–water partition coefficient (Wildman–Crippen LogP) is 3.41. The molecule has 4 rings (SSSR count). The van der Waals surface area contributed by atoms with E-state index in [1.165, 1.54) is 11.8 Å². The van der Waals surface area contributed by atoms with E-state index in [9.17, 15) is 4.79 Å². The Hall–Kier alpha value is -3.98. The van der Waals surface area contributed by atoms with Crippen molar-refractivity contribution in [2.24, 2.45) is 4.99 Å². The van der Waals surface area contributed by atoms with Gasteiger partial charge in [-0.15, -0.1) is 0 Å². The summed E-state index contributed by atoms with van der Waals surface area (Å²) in [5, 5.41) is 2.66. The number of nitrogens with one attached hydrogen (secondary N) is 1. The molecular weight excluding hydrogens is 446 g/mol.